The van der Waals surface area contributed by atoms with E-state index in [9.17, 15) is 0 Å². The van der Waals surface area contributed by atoms with Crippen LogP contribution in [0.5, 0.6) is 0 Å². The lowest BCUT2D eigenvalue weighted by molar-refractivity contribution is 0.669. The van der Waals surface area contributed by atoms with Crippen LogP contribution in [0.2, 0.25) is 0 Å². The van der Waals surface area contributed by atoms with Crippen molar-refractivity contribution in [2.24, 2.45) is 0 Å². The van der Waals surface area contributed by atoms with Crippen LogP contribution < -0.4 is 4.90 Å². The van der Waals surface area contributed by atoms with E-state index in [0.717, 1.165) is 77.6 Å². The molecule has 10 rings (SSSR count). The minimum absolute atomic E-state index is 0.857. The summed E-state index contributed by atoms with van der Waals surface area (Å²) in [5.41, 5.74) is 13.5. The molecule has 0 saturated carbocycles. The van der Waals surface area contributed by atoms with Crippen LogP contribution in [-0.2, 0) is 0 Å². The van der Waals surface area contributed by atoms with Crippen LogP contribution in [-0.4, -0.2) is 0 Å². The molecule has 8 aromatic carbocycles. The van der Waals surface area contributed by atoms with Gasteiger partial charge in [-0.1, -0.05) is 146 Å². The largest absolute Gasteiger partial charge is 0.455 e. The second-order valence-corrected chi connectivity index (χ2v) is 12.9. The summed E-state index contributed by atoms with van der Waals surface area (Å²) in [6.45, 7) is 0. The first-order valence-electron chi connectivity index (χ1n) is 17.3. The number of anilines is 3. The number of hydrogen-bond acceptors (Lipinski definition) is 3. The number of benzene rings is 8. The topological polar surface area (TPSA) is 29.5 Å². The number of rotatable bonds is 6. The third-order valence-electron chi connectivity index (χ3n) is 9.92. The Kier molecular flexibility index (Phi) is 6.81. The van der Waals surface area contributed by atoms with Crippen molar-refractivity contribution in [1.82, 2.24) is 0 Å². The standard InChI is InChI=1S/C48H31NO2/c1-2-10-32(11-3-1)33-20-22-34(23-21-33)35-24-28-37(29-25-35)49(44-17-9-16-43-41-13-5-7-19-46(41)51-48(43)44)38-30-26-36(27-31-38)39-14-8-15-42-40-12-4-6-18-45(40)50-47(39)42/h1-31H. The van der Waals surface area contributed by atoms with E-state index in [-0.39, 0.29) is 0 Å². The van der Waals surface area contributed by atoms with Gasteiger partial charge in [-0.2, -0.15) is 0 Å². The highest BCUT2D eigenvalue weighted by Crippen LogP contribution is 2.43. The Balaban J connectivity index is 1.07. The van der Waals surface area contributed by atoms with Crippen LogP contribution in [0.25, 0.3) is 77.3 Å². The third kappa shape index (κ3) is 4.98. The molecule has 10 aromatic rings. The SMILES string of the molecule is c1ccc(-c2ccc(-c3ccc(N(c4ccc(-c5cccc6c5oc5ccccc56)cc4)c4cccc5c4oc4ccccc45)cc3)cc2)cc1. The summed E-state index contributed by atoms with van der Waals surface area (Å²) in [6, 6.07) is 66.1. The summed E-state index contributed by atoms with van der Waals surface area (Å²) in [5.74, 6) is 0. The summed E-state index contributed by atoms with van der Waals surface area (Å²) in [5, 5.41) is 4.46. The average molecular weight is 654 g/mol. The fourth-order valence-electron chi connectivity index (χ4n) is 7.39. The maximum Gasteiger partial charge on any atom is 0.159 e. The van der Waals surface area contributed by atoms with Crippen LogP contribution in [0, 0.1) is 0 Å². The molecular formula is C48H31NO2. The predicted molar refractivity (Wildman–Crippen MR) is 212 cm³/mol. The smallest absolute Gasteiger partial charge is 0.159 e. The van der Waals surface area contributed by atoms with Crippen molar-refractivity contribution < 1.29 is 8.83 Å². The summed E-state index contributed by atoms with van der Waals surface area (Å²) in [6.07, 6.45) is 0. The molecule has 0 bridgehead atoms. The van der Waals surface area contributed by atoms with Gasteiger partial charge in [0.1, 0.15) is 16.7 Å². The Bertz CT molecular complexity index is 2830. The molecule has 3 heteroatoms. The van der Waals surface area contributed by atoms with Gasteiger partial charge in [0.2, 0.25) is 0 Å². The molecule has 0 radical (unpaired) electrons. The minimum atomic E-state index is 0.857. The van der Waals surface area contributed by atoms with Gasteiger partial charge >= 0.3 is 0 Å². The summed E-state index contributed by atoms with van der Waals surface area (Å²) >= 11 is 0. The van der Waals surface area contributed by atoms with Gasteiger partial charge in [0.15, 0.2) is 5.58 Å². The number of hydrogen-bond donors (Lipinski definition) is 0. The first-order valence-corrected chi connectivity index (χ1v) is 17.3. The molecule has 0 aliphatic carbocycles. The van der Waals surface area contributed by atoms with E-state index in [1.54, 1.807) is 0 Å². The Morgan fingerprint density at radius 1 is 0.294 bits per heavy atom. The van der Waals surface area contributed by atoms with Gasteiger partial charge < -0.3 is 13.7 Å². The lowest BCUT2D eigenvalue weighted by atomic mass is 10.00. The molecule has 2 heterocycles. The number of furan rings is 2. The molecule has 0 aliphatic heterocycles. The summed E-state index contributed by atoms with van der Waals surface area (Å²) < 4.78 is 12.9. The fourth-order valence-corrected chi connectivity index (χ4v) is 7.39. The van der Waals surface area contributed by atoms with Crippen molar-refractivity contribution in [3.63, 3.8) is 0 Å². The number of para-hydroxylation sites is 4. The Morgan fingerprint density at radius 3 is 1.33 bits per heavy atom. The Labute approximate surface area is 295 Å². The predicted octanol–water partition coefficient (Wildman–Crippen LogP) is 14.0. The lowest BCUT2D eigenvalue weighted by Crippen LogP contribution is -2.10. The Morgan fingerprint density at radius 2 is 0.725 bits per heavy atom. The second-order valence-electron chi connectivity index (χ2n) is 12.9. The van der Waals surface area contributed by atoms with Crippen molar-refractivity contribution >= 4 is 60.9 Å². The molecule has 51 heavy (non-hydrogen) atoms. The zero-order chi connectivity index (χ0) is 33.7. The lowest BCUT2D eigenvalue weighted by Gasteiger charge is -2.26. The number of nitrogens with zero attached hydrogens (tertiary/aromatic N) is 1. The van der Waals surface area contributed by atoms with Crippen molar-refractivity contribution in [3.05, 3.63) is 188 Å². The van der Waals surface area contributed by atoms with Crippen LogP contribution in [0.1, 0.15) is 0 Å². The van der Waals surface area contributed by atoms with E-state index in [0.29, 0.717) is 0 Å². The molecule has 0 aliphatic rings. The molecule has 240 valence electrons. The van der Waals surface area contributed by atoms with Gasteiger partial charge in [0, 0.05) is 38.5 Å². The molecule has 3 nitrogen and oxygen atoms in total. The molecule has 0 atom stereocenters. The molecular weight excluding hydrogens is 623 g/mol. The maximum absolute atomic E-state index is 6.56. The second kappa shape index (κ2) is 11.9. The first-order chi connectivity index (χ1) is 25.3. The van der Waals surface area contributed by atoms with E-state index in [2.05, 4.69) is 169 Å². The summed E-state index contributed by atoms with van der Waals surface area (Å²) in [7, 11) is 0. The van der Waals surface area contributed by atoms with Crippen molar-refractivity contribution in [1.29, 1.82) is 0 Å². The minimum Gasteiger partial charge on any atom is -0.455 e. The molecule has 0 saturated heterocycles. The normalized spacial score (nSPS) is 11.5. The maximum atomic E-state index is 6.56. The zero-order valence-electron chi connectivity index (χ0n) is 27.7. The van der Waals surface area contributed by atoms with E-state index in [1.165, 1.54) is 16.7 Å². The molecule has 0 spiro atoms. The van der Waals surface area contributed by atoms with Gasteiger partial charge in [-0.25, -0.2) is 0 Å². The van der Waals surface area contributed by atoms with Crippen LogP contribution >= 0.6 is 0 Å². The third-order valence-corrected chi connectivity index (χ3v) is 9.92. The van der Waals surface area contributed by atoms with Gasteiger partial charge in [-0.05, 0) is 70.3 Å². The van der Waals surface area contributed by atoms with Crippen LogP contribution in [0.15, 0.2) is 197 Å². The van der Waals surface area contributed by atoms with Crippen molar-refractivity contribution in [2.75, 3.05) is 4.90 Å². The Hall–Kier alpha value is -6.84. The zero-order valence-corrected chi connectivity index (χ0v) is 27.7. The van der Waals surface area contributed by atoms with E-state index in [4.69, 9.17) is 8.83 Å². The van der Waals surface area contributed by atoms with Crippen LogP contribution in [0.3, 0.4) is 0 Å². The van der Waals surface area contributed by atoms with Crippen molar-refractivity contribution in [2.45, 2.75) is 0 Å². The molecule has 0 N–H and O–H groups in total. The van der Waals surface area contributed by atoms with Gasteiger partial charge in [-0.15, -0.1) is 0 Å². The quantitative estimate of drug-likeness (QED) is 0.179. The molecule has 2 aromatic heterocycles. The first kappa shape index (κ1) is 29.1. The number of fused-ring (bicyclic) bond motifs is 6. The molecule has 0 unspecified atom stereocenters. The highest BCUT2D eigenvalue weighted by atomic mass is 16.3. The average Bonchev–Trinajstić information content (AvgIpc) is 3.78. The highest BCUT2D eigenvalue weighted by Gasteiger charge is 2.20. The van der Waals surface area contributed by atoms with Gasteiger partial charge in [0.25, 0.3) is 0 Å². The van der Waals surface area contributed by atoms with Gasteiger partial charge in [0.05, 0.1) is 5.69 Å². The van der Waals surface area contributed by atoms with Gasteiger partial charge in [-0.3, -0.25) is 0 Å². The van der Waals surface area contributed by atoms with Crippen molar-refractivity contribution in [3.8, 4) is 33.4 Å². The molecule has 0 amide bonds. The van der Waals surface area contributed by atoms with Crippen LogP contribution in [0.4, 0.5) is 17.1 Å². The van der Waals surface area contributed by atoms with E-state index >= 15 is 0 Å². The summed E-state index contributed by atoms with van der Waals surface area (Å²) in [4.78, 5) is 2.29. The molecule has 0 fully saturated rings. The highest BCUT2D eigenvalue weighted by molar-refractivity contribution is 6.11. The fraction of sp³-hybridized carbons (Fsp3) is 0. The monoisotopic (exact) mass is 653 g/mol. The van der Waals surface area contributed by atoms with E-state index < -0.39 is 0 Å². The van der Waals surface area contributed by atoms with E-state index in [1.807, 2.05) is 24.3 Å².